The first-order valence-corrected chi connectivity index (χ1v) is 4.91. The third-order valence-corrected chi connectivity index (χ3v) is 3.02. The van der Waals surface area contributed by atoms with Gasteiger partial charge >= 0.3 is 0 Å². The number of nitrogens with two attached hydrogens (primary N) is 1. The van der Waals surface area contributed by atoms with Crippen molar-refractivity contribution in [1.29, 1.82) is 0 Å². The van der Waals surface area contributed by atoms with Crippen molar-refractivity contribution in [3.63, 3.8) is 0 Å². The number of rotatable bonds is 1. The molecule has 0 aromatic heterocycles. The molecule has 1 fully saturated rings. The maximum absolute atomic E-state index is 5.73. The average Bonchev–Trinajstić information content (AvgIpc) is 2.04. The number of thioether (sulfide) groups is 1. The maximum atomic E-state index is 5.73. The van der Waals surface area contributed by atoms with Crippen LogP contribution in [0, 0.1) is 0 Å². The van der Waals surface area contributed by atoms with E-state index in [1.54, 1.807) is 7.05 Å². The van der Waals surface area contributed by atoms with Crippen LogP contribution in [-0.4, -0.2) is 48.9 Å². The zero-order valence-electron chi connectivity index (χ0n) is 7.08. The summed E-state index contributed by atoms with van der Waals surface area (Å²) in [5.74, 6) is 3.06. The Bertz CT molecular complexity index is 158. The van der Waals surface area contributed by atoms with Crippen LogP contribution in [-0.2, 0) is 0 Å². The monoisotopic (exact) mass is 173 g/mol. The first kappa shape index (κ1) is 8.87. The predicted octanol–water partition coefficient (Wildman–Crippen LogP) is 0.0206. The average molecular weight is 173 g/mol. The van der Waals surface area contributed by atoms with E-state index in [0.29, 0.717) is 6.04 Å². The van der Waals surface area contributed by atoms with E-state index in [9.17, 15) is 0 Å². The third kappa shape index (κ3) is 2.10. The largest absolute Gasteiger partial charge is 0.386 e. The number of hydrogen-bond acceptors (Lipinski definition) is 3. The summed E-state index contributed by atoms with van der Waals surface area (Å²) in [6.45, 7) is 1.12. The molecule has 4 heteroatoms. The summed E-state index contributed by atoms with van der Waals surface area (Å²) in [7, 11) is 3.85. The molecule has 0 aliphatic carbocycles. The highest BCUT2D eigenvalue weighted by Crippen LogP contribution is 2.14. The van der Waals surface area contributed by atoms with Gasteiger partial charge < -0.3 is 5.73 Å². The van der Waals surface area contributed by atoms with Crippen LogP contribution in [0.4, 0.5) is 0 Å². The predicted molar refractivity (Wildman–Crippen MR) is 51.3 cm³/mol. The van der Waals surface area contributed by atoms with Crippen molar-refractivity contribution in [3.8, 4) is 0 Å². The molecule has 0 aromatic rings. The molecule has 0 aromatic carbocycles. The molecule has 0 amide bonds. The lowest BCUT2D eigenvalue weighted by molar-refractivity contribution is 0.325. The molecule has 1 atom stereocenters. The molecule has 1 aliphatic rings. The summed E-state index contributed by atoms with van der Waals surface area (Å²) < 4.78 is 0. The first-order valence-electron chi connectivity index (χ1n) is 3.76. The van der Waals surface area contributed by atoms with Gasteiger partial charge in [-0.25, -0.2) is 0 Å². The number of hydrogen-bond donors (Lipinski definition) is 1. The Kier molecular flexibility index (Phi) is 3.20. The molecule has 1 rings (SSSR count). The van der Waals surface area contributed by atoms with E-state index >= 15 is 0 Å². The number of nitrogens with zero attached hydrogens (tertiary/aromatic N) is 2. The molecule has 1 heterocycles. The molecule has 0 bridgehead atoms. The summed E-state index contributed by atoms with van der Waals surface area (Å²) in [5.41, 5.74) is 5.73. The number of aliphatic imine (C=N–C) groups is 1. The van der Waals surface area contributed by atoms with Crippen molar-refractivity contribution < 1.29 is 0 Å². The van der Waals surface area contributed by atoms with E-state index < -0.39 is 0 Å². The summed E-state index contributed by atoms with van der Waals surface area (Å²) in [6, 6.07) is 0.360. The molecule has 1 aliphatic heterocycles. The van der Waals surface area contributed by atoms with Crippen molar-refractivity contribution in [2.24, 2.45) is 10.7 Å². The van der Waals surface area contributed by atoms with Crippen molar-refractivity contribution in [2.75, 3.05) is 32.1 Å². The van der Waals surface area contributed by atoms with Crippen molar-refractivity contribution in [1.82, 2.24) is 4.90 Å². The second-order valence-electron chi connectivity index (χ2n) is 2.72. The van der Waals surface area contributed by atoms with Crippen LogP contribution in [0.15, 0.2) is 4.99 Å². The van der Waals surface area contributed by atoms with Crippen LogP contribution in [0.5, 0.6) is 0 Å². The summed E-state index contributed by atoms with van der Waals surface area (Å²) in [4.78, 5) is 6.26. The second kappa shape index (κ2) is 3.97. The highest BCUT2D eigenvalue weighted by molar-refractivity contribution is 7.99. The van der Waals surface area contributed by atoms with Gasteiger partial charge in [-0.15, -0.1) is 0 Å². The molecule has 2 N–H and O–H groups in total. The molecular weight excluding hydrogens is 158 g/mol. The summed E-state index contributed by atoms with van der Waals surface area (Å²) in [5, 5.41) is 0. The van der Waals surface area contributed by atoms with Gasteiger partial charge in [0.05, 0.1) is 6.04 Å². The SMILES string of the molecule is CN=C(N)C1CSCCN1C. The fourth-order valence-corrected chi connectivity index (χ4v) is 2.38. The molecule has 3 nitrogen and oxygen atoms in total. The van der Waals surface area contributed by atoms with E-state index in [1.165, 1.54) is 5.75 Å². The van der Waals surface area contributed by atoms with E-state index in [-0.39, 0.29) is 0 Å². The van der Waals surface area contributed by atoms with Crippen LogP contribution in [0.25, 0.3) is 0 Å². The molecule has 0 spiro atoms. The molecule has 1 unspecified atom stereocenters. The molecule has 1 saturated heterocycles. The van der Waals surface area contributed by atoms with Gasteiger partial charge in [0.25, 0.3) is 0 Å². The minimum Gasteiger partial charge on any atom is -0.386 e. The minimum absolute atomic E-state index is 0.360. The van der Waals surface area contributed by atoms with Crippen LogP contribution < -0.4 is 5.73 Å². The smallest absolute Gasteiger partial charge is 0.112 e. The van der Waals surface area contributed by atoms with E-state index in [1.807, 2.05) is 11.8 Å². The molecule has 0 radical (unpaired) electrons. The van der Waals surface area contributed by atoms with Gasteiger partial charge in [0.1, 0.15) is 5.84 Å². The van der Waals surface area contributed by atoms with Crippen LogP contribution >= 0.6 is 11.8 Å². The normalized spacial score (nSPS) is 28.9. The topological polar surface area (TPSA) is 41.6 Å². The fraction of sp³-hybridized carbons (Fsp3) is 0.857. The van der Waals surface area contributed by atoms with Gasteiger partial charge in [0.2, 0.25) is 0 Å². The Hall–Kier alpha value is -0.220. The van der Waals surface area contributed by atoms with Crippen LogP contribution in [0.3, 0.4) is 0 Å². The van der Waals surface area contributed by atoms with Gasteiger partial charge in [-0.2, -0.15) is 11.8 Å². The Morgan fingerprint density at radius 1 is 1.73 bits per heavy atom. The third-order valence-electron chi connectivity index (χ3n) is 2.00. The lowest BCUT2D eigenvalue weighted by atomic mass is 10.2. The zero-order chi connectivity index (χ0) is 8.27. The van der Waals surface area contributed by atoms with Gasteiger partial charge in [0, 0.05) is 25.1 Å². The fourth-order valence-electron chi connectivity index (χ4n) is 1.15. The molecule has 0 saturated carbocycles. The molecule has 11 heavy (non-hydrogen) atoms. The van der Waals surface area contributed by atoms with Gasteiger partial charge in [-0.3, -0.25) is 9.89 Å². The maximum Gasteiger partial charge on any atom is 0.112 e. The van der Waals surface area contributed by atoms with E-state index in [4.69, 9.17) is 5.73 Å². The highest BCUT2D eigenvalue weighted by Gasteiger charge is 2.21. The van der Waals surface area contributed by atoms with E-state index in [0.717, 1.165) is 18.1 Å². The van der Waals surface area contributed by atoms with E-state index in [2.05, 4.69) is 16.9 Å². The standard InChI is InChI=1S/C7H15N3S/c1-9-7(8)6-5-11-4-3-10(6)2/h6H,3-5H2,1-2H3,(H2,8,9). The van der Waals surface area contributed by atoms with Crippen LogP contribution in [0.2, 0.25) is 0 Å². The zero-order valence-corrected chi connectivity index (χ0v) is 7.90. The van der Waals surface area contributed by atoms with Crippen molar-refractivity contribution in [2.45, 2.75) is 6.04 Å². The summed E-state index contributed by atoms with van der Waals surface area (Å²) >= 11 is 1.95. The summed E-state index contributed by atoms with van der Waals surface area (Å²) in [6.07, 6.45) is 0. The van der Waals surface area contributed by atoms with Gasteiger partial charge in [-0.05, 0) is 7.05 Å². The lowest BCUT2D eigenvalue weighted by Gasteiger charge is -2.31. The Balaban J connectivity index is 2.54. The Morgan fingerprint density at radius 2 is 2.45 bits per heavy atom. The quantitative estimate of drug-likeness (QED) is 0.449. The van der Waals surface area contributed by atoms with Gasteiger partial charge in [0.15, 0.2) is 0 Å². The Morgan fingerprint density at radius 3 is 3.00 bits per heavy atom. The molecular formula is C7H15N3S. The minimum atomic E-state index is 0.360. The van der Waals surface area contributed by atoms with Crippen LogP contribution in [0.1, 0.15) is 0 Å². The highest BCUT2D eigenvalue weighted by atomic mass is 32.2. The van der Waals surface area contributed by atoms with Gasteiger partial charge in [-0.1, -0.05) is 0 Å². The number of likely N-dealkylation sites (N-methyl/N-ethyl adjacent to an activating group) is 1. The molecule has 64 valence electrons. The van der Waals surface area contributed by atoms with Crippen molar-refractivity contribution in [3.05, 3.63) is 0 Å². The number of amidine groups is 1. The second-order valence-corrected chi connectivity index (χ2v) is 3.87. The van der Waals surface area contributed by atoms with Crippen molar-refractivity contribution >= 4 is 17.6 Å². The first-order chi connectivity index (χ1) is 5.25. The lowest BCUT2D eigenvalue weighted by Crippen LogP contribution is -2.47. The Labute approximate surface area is 72.0 Å².